The van der Waals surface area contributed by atoms with Crippen LogP contribution in [0.4, 0.5) is 4.39 Å². The summed E-state index contributed by atoms with van der Waals surface area (Å²) >= 11 is 0. The average molecular weight is 276 g/mol. The van der Waals surface area contributed by atoms with Crippen LogP contribution < -0.4 is 0 Å². The lowest BCUT2D eigenvalue weighted by Crippen LogP contribution is -2.41. The molecule has 0 saturated carbocycles. The van der Waals surface area contributed by atoms with Crippen LogP contribution in [0.2, 0.25) is 0 Å². The van der Waals surface area contributed by atoms with E-state index in [9.17, 15) is 9.18 Å². The third-order valence-corrected chi connectivity index (χ3v) is 4.11. The van der Waals surface area contributed by atoms with Crippen LogP contribution in [-0.2, 0) is 21.6 Å². The third kappa shape index (κ3) is 2.37. The lowest BCUT2D eigenvalue weighted by atomic mass is 9.72. The largest absolute Gasteiger partial charge is 0.451 e. The van der Waals surface area contributed by atoms with Crippen molar-refractivity contribution in [3.63, 3.8) is 0 Å². The predicted octanol–water partition coefficient (Wildman–Crippen LogP) is 4.13. The zero-order chi connectivity index (χ0) is 14.9. The van der Waals surface area contributed by atoms with Crippen LogP contribution in [0.25, 0.3) is 0 Å². The van der Waals surface area contributed by atoms with E-state index in [4.69, 9.17) is 4.74 Å². The number of ether oxygens (including phenoxy) is 1. The second-order valence-corrected chi connectivity index (χ2v) is 5.83. The fraction of sp³-hybridized carbons (Fsp3) is 0.471. The fourth-order valence-electron chi connectivity index (χ4n) is 2.95. The Balaban J connectivity index is 2.53. The molecule has 1 aromatic carbocycles. The number of benzene rings is 1. The monoisotopic (exact) mass is 276 g/mol. The van der Waals surface area contributed by atoms with Crippen molar-refractivity contribution in [2.24, 2.45) is 5.92 Å². The molecule has 1 aliphatic rings. The average Bonchev–Trinajstić information content (AvgIpc) is 2.39. The zero-order valence-electron chi connectivity index (χ0n) is 12.3. The predicted molar refractivity (Wildman–Crippen MR) is 76.8 cm³/mol. The standard InChI is InChI=1S/C17H21FO2/c1-11(2)16(19)20-17(12(3)4)10-6-7-13-14(17)8-5-9-15(13)18/h5,8-9,12H,1,6-7,10H2,2-4H3. The molecule has 0 saturated heterocycles. The van der Waals surface area contributed by atoms with E-state index >= 15 is 0 Å². The van der Waals surface area contributed by atoms with E-state index in [-0.39, 0.29) is 11.7 Å². The molecule has 0 aliphatic heterocycles. The Kier molecular flexibility index (Phi) is 3.98. The van der Waals surface area contributed by atoms with E-state index in [1.54, 1.807) is 13.0 Å². The Hall–Kier alpha value is -1.64. The van der Waals surface area contributed by atoms with Crippen molar-refractivity contribution < 1.29 is 13.9 Å². The summed E-state index contributed by atoms with van der Waals surface area (Å²) in [6.07, 6.45) is 2.23. The van der Waals surface area contributed by atoms with Gasteiger partial charge in [0.15, 0.2) is 0 Å². The van der Waals surface area contributed by atoms with Gasteiger partial charge in [0.25, 0.3) is 0 Å². The Morgan fingerprint density at radius 3 is 2.75 bits per heavy atom. The molecule has 3 heteroatoms. The number of rotatable bonds is 3. The lowest BCUT2D eigenvalue weighted by Gasteiger charge is -2.41. The summed E-state index contributed by atoms with van der Waals surface area (Å²) in [7, 11) is 0. The number of hydrogen-bond acceptors (Lipinski definition) is 2. The van der Waals surface area contributed by atoms with Crippen molar-refractivity contribution in [1.82, 2.24) is 0 Å². The highest BCUT2D eigenvalue weighted by Crippen LogP contribution is 2.44. The Labute approximate surface area is 119 Å². The molecule has 0 bridgehead atoms. The fourth-order valence-corrected chi connectivity index (χ4v) is 2.95. The second-order valence-electron chi connectivity index (χ2n) is 5.83. The van der Waals surface area contributed by atoms with Crippen molar-refractivity contribution in [3.05, 3.63) is 47.3 Å². The highest BCUT2D eigenvalue weighted by Gasteiger charge is 2.43. The highest BCUT2D eigenvalue weighted by molar-refractivity contribution is 5.87. The van der Waals surface area contributed by atoms with E-state index in [1.807, 2.05) is 19.9 Å². The first-order chi connectivity index (χ1) is 9.38. The summed E-state index contributed by atoms with van der Waals surface area (Å²) in [4.78, 5) is 12.0. The van der Waals surface area contributed by atoms with Gasteiger partial charge in [-0.25, -0.2) is 9.18 Å². The molecular weight excluding hydrogens is 255 g/mol. The minimum atomic E-state index is -0.744. The van der Waals surface area contributed by atoms with Crippen LogP contribution in [0.15, 0.2) is 30.4 Å². The van der Waals surface area contributed by atoms with E-state index in [1.165, 1.54) is 6.07 Å². The van der Waals surface area contributed by atoms with Gasteiger partial charge < -0.3 is 4.74 Å². The maximum atomic E-state index is 14.0. The SMILES string of the molecule is C=C(C)C(=O)OC1(C(C)C)CCCc2c(F)cccc21. The van der Waals surface area contributed by atoms with E-state index < -0.39 is 11.6 Å². The quantitative estimate of drug-likeness (QED) is 0.613. The minimum absolute atomic E-state index is 0.0756. The van der Waals surface area contributed by atoms with Gasteiger partial charge in [0.1, 0.15) is 11.4 Å². The molecule has 1 atom stereocenters. The van der Waals surface area contributed by atoms with Crippen molar-refractivity contribution in [1.29, 1.82) is 0 Å². The molecule has 20 heavy (non-hydrogen) atoms. The highest BCUT2D eigenvalue weighted by atomic mass is 19.1. The molecule has 1 unspecified atom stereocenters. The van der Waals surface area contributed by atoms with Gasteiger partial charge in [-0.2, -0.15) is 0 Å². The maximum Gasteiger partial charge on any atom is 0.334 e. The first-order valence-corrected chi connectivity index (χ1v) is 7.05. The summed E-state index contributed by atoms with van der Waals surface area (Å²) in [5.74, 6) is -0.541. The molecule has 0 spiro atoms. The summed E-state index contributed by atoms with van der Waals surface area (Å²) in [6.45, 7) is 9.28. The molecule has 1 aliphatic carbocycles. The smallest absolute Gasteiger partial charge is 0.334 e. The molecule has 2 rings (SSSR count). The zero-order valence-corrected chi connectivity index (χ0v) is 12.3. The first-order valence-electron chi connectivity index (χ1n) is 7.05. The van der Waals surface area contributed by atoms with Crippen molar-refractivity contribution in [3.8, 4) is 0 Å². The van der Waals surface area contributed by atoms with Crippen LogP contribution in [-0.4, -0.2) is 5.97 Å². The molecule has 108 valence electrons. The van der Waals surface area contributed by atoms with Crippen molar-refractivity contribution in [2.75, 3.05) is 0 Å². The van der Waals surface area contributed by atoms with Crippen LogP contribution in [0, 0.1) is 11.7 Å². The lowest BCUT2D eigenvalue weighted by molar-refractivity contribution is -0.164. The van der Waals surface area contributed by atoms with E-state index in [0.29, 0.717) is 17.6 Å². The third-order valence-electron chi connectivity index (χ3n) is 4.11. The van der Waals surface area contributed by atoms with Gasteiger partial charge in [0, 0.05) is 11.1 Å². The van der Waals surface area contributed by atoms with Gasteiger partial charge in [-0.15, -0.1) is 0 Å². The van der Waals surface area contributed by atoms with Crippen LogP contribution in [0.3, 0.4) is 0 Å². The Morgan fingerprint density at radius 2 is 2.15 bits per heavy atom. The van der Waals surface area contributed by atoms with Crippen LogP contribution in [0.1, 0.15) is 44.7 Å². The summed E-state index contributed by atoms with van der Waals surface area (Å²) in [5.41, 5.74) is 1.12. The van der Waals surface area contributed by atoms with Gasteiger partial charge >= 0.3 is 5.97 Å². The normalized spacial score (nSPS) is 21.4. The Morgan fingerprint density at radius 1 is 1.45 bits per heavy atom. The number of carbonyl (C=O) groups is 1. The number of esters is 1. The van der Waals surface area contributed by atoms with Crippen molar-refractivity contribution >= 4 is 5.97 Å². The van der Waals surface area contributed by atoms with Gasteiger partial charge in [-0.3, -0.25) is 0 Å². The molecule has 2 nitrogen and oxygen atoms in total. The molecule has 0 N–H and O–H groups in total. The van der Waals surface area contributed by atoms with Crippen molar-refractivity contribution in [2.45, 2.75) is 45.6 Å². The van der Waals surface area contributed by atoms with Gasteiger partial charge in [-0.1, -0.05) is 32.6 Å². The second kappa shape index (κ2) is 5.39. The number of halogens is 1. The molecule has 0 radical (unpaired) electrons. The van der Waals surface area contributed by atoms with Crippen LogP contribution >= 0.6 is 0 Å². The summed E-state index contributed by atoms with van der Waals surface area (Å²) < 4.78 is 19.8. The van der Waals surface area contributed by atoms with Gasteiger partial charge in [0.05, 0.1) is 0 Å². The van der Waals surface area contributed by atoms with E-state index in [0.717, 1.165) is 18.4 Å². The molecular formula is C17H21FO2. The van der Waals surface area contributed by atoms with E-state index in [2.05, 4.69) is 6.58 Å². The summed E-state index contributed by atoms with van der Waals surface area (Å²) in [6, 6.07) is 5.03. The molecule has 0 heterocycles. The van der Waals surface area contributed by atoms with Gasteiger partial charge in [-0.05, 0) is 43.7 Å². The van der Waals surface area contributed by atoms with Gasteiger partial charge in [0.2, 0.25) is 0 Å². The molecule has 0 aromatic heterocycles. The van der Waals surface area contributed by atoms with Crippen LogP contribution in [0.5, 0.6) is 0 Å². The molecule has 0 fully saturated rings. The number of carbonyl (C=O) groups excluding carboxylic acids is 1. The number of hydrogen-bond donors (Lipinski definition) is 0. The Bertz CT molecular complexity index is 548. The first kappa shape index (κ1) is 14.8. The summed E-state index contributed by atoms with van der Waals surface area (Å²) in [5, 5.41) is 0. The molecule has 0 amide bonds. The number of fused-ring (bicyclic) bond motifs is 1. The molecule has 1 aromatic rings. The topological polar surface area (TPSA) is 26.3 Å². The maximum absolute atomic E-state index is 14.0. The minimum Gasteiger partial charge on any atom is -0.451 e.